The molecule has 10 rings (SSSR count). The number of fused-ring (bicyclic) bond motifs is 9. The summed E-state index contributed by atoms with van der Waals surface area (Å²) in [5.41, 5.74) is 22.1. The molecular weight excluding hydrogens is 703 g/mol. The highest BCUT2D eigenvalue weighted by Crippen LogP contribution is 2.55. The molecule has 288 valence electrons. The smallest absolute Gasteiger partial charge is 0.143 e. The van der Waals surface area contributed by atoms with Crippen LogP contribution in [0.25, 0.3) is 55.3 Å². The van der Waals surface area contributed by atoms with Crippen LogP contribution in [0.2, 0.25) is 0 Å². The van der Waals surface area contributed by atoms with E-state index in [0.717, 1.165) is 44.7 Å². The fraction of sp³-hybridized carbons (Fsp3) is 0.250. The van der Waals surface area contributed by atoms with Gasteiger partial charge in [0.05, 0.1) is 5.69 Å². The van der Waals surface area contributed by atoms with Gasteiger partial charge in [0, 0.05) is 44.1 Å². The van der Waals surface area contributed by atoms with Crippen molar-refractivity contribution >= 4 is 39.0 Å². The molecule has 0 unspecified atom stereocenters. The normalized spacial score (nSPS) is 14.8. The van der Waals surface area contributed by atoms with Crippen molar-refractivity contribution in [1.82, 2.24) is 0 Å². The van der Waals surface area contributed by atoms with Crippen molar-refractivity contribution in [2.75, 3.05) is 4.90 Å². The Hall–Kier alpha value is -5.86. The van der Waals surface area contributed by atoms with E-state index in [1.54, 1.807) is 0 Å². The Bertz CT molecular complexity index is 2980. The average molecular weight is 756 g/mol. The summed E-state index contributed by atoms with van der Waals surface area (Å²) in [4.78, 5) is 2.51. The third kappa shape index (κ3) is 5.23. The molecule has 0 amide bonds. The SMILES string of the molecule is Cc1ccc(N(c2ccc3c(c2)C(C)(C)c2ccccc2-3)c2ccc3c(c2)C(C)(C)c2cccc(C(C)(C)C)c2-3)c(-c2cccc3c2oc2c(C(C)C)cccc23)c1. The van der Waals surface area contributed by atoms with Crippen LogP contribution in [0.1, 0.15) is 107 Å². The van der Waals surface area contributed by atoms with Crippen LogP contribution in [0.3, 0.4) is 0 Å². The summed E-state index contributed by atoms with van der Waals surface area (Å²) in [5, 5.41) is 2.32. The summed E-state index contributed by atoms with van der Waals surface area (Å²) in [6, 6.07) is 50.4. The largest absolute Gasteiger partial charge is 0.455 e. The van der Waals surface area contributed by atoms with Crippen molar-refractivity contribution in [3.8, 4) is 33.4 Å². The highest BCUT2D eigenvalue weighted by Gasteiger charge is 2.40. The van der Waals surface area contributed by atoms with Crippen molar-refractivity contribution in [2.45, 2.75) is 91.4 Å². The van der Waals surface area contributed by atoms with Crippen molar-refractivity contribution in [3.63, 3.8) is 0 Å². The average Bonchev–Trinajstić information content (AvgIpc) is 3.78. The lowest BCUT2D eigenvalue weighted by atomic mass is 9.79. The molecule has 7 aromatic carbocycles. The molecule has 0 saturated carbocycles. The number of benzene rings is 7. The minimum Gasteiger partial charge on any atom is -0.455 e. The third-order valence-electron chi connectivity index (χ3n) is 13.4. The fourth-order valence-electron chi connectivity index (χ4n) is 10.4. The number of anilines is 3. The molecule has 1 heterocycles. The van der Waals surface area contributed by atoms with Gasteiger partial charge in [-0.3, -0.25) is 0 Å². The van der Waals surface area contributed by atoms with E-state index < -0.39 is 0 Å². The maximum absolute atomic E-state index is 6.98. The molecule has 0 bridgehead atoms. The molecule has 0 aliphatic heterocycles. The molecule has 0 N–H and O–H groups in total. The zero-order valence-corrected chi connectivity index (χ0v) is 35.6. The number of rotatable bonds is 5. The van der Waals surface area contributed by atoms with Gasteiger partial charge in [-0.25, -0.2) is 0 Å². The van der Waals surface area contributed by atoms with Crippen LogP contribution in [0.5, 0.6) is 0 Å². The second-order valence-corrected chi connectivity index (χ2v) is 19.3. The Balaban J connectivity index is 1.24. The van der Waals surface area contributed by atoms with Crippen LogP contribution < -0.4 is 4.90 Å². The van der Waals surface area contributed by atoms with E-state index in [0.29, 0.717) is 5.92 Å². The third-order valence-corrected chi connectivity index (χ3v) is 13.4. The Kier molecular flexibility index (Phi) is 7.90. The van der Waals surface area contributed by atoms with E-state index in [2.05, 4.69) is 208 Å². The molecule has 0 atom stereocenters. The van der Waals surface area contributed by atoms with Gasteiger partial charge in [0.15, 0.2) is 0 Å². The van der Waals surface area contributed by atoms with Crippen LogP contribution >= 0.6 is 0 Å². The Morgan fingerprint density at radius 1 is 0.517 bits per heavy atom. The lowest BCUT2D eigenvalue weighted by Crippen LogP contribution is -2.18. The lowest BCUT2D eigenvalue weighted by molar-refractivity contribution is 0.589. The quantitative estimate of drug-likeness (QED) is 0.174. The summed E-state index contributed by atoms with van der Waals surface area (Å²) in [7, 11) is 0. The number of furan rings is 1. The maximum atomic E-state index is 6.98. The van der Waals surface area contributed by atoms with Crippen LogP contribution in [0, 0.1) is 6.92 Å². The highest BCUT2D eigenvalue weighted by atomic mass is 16.3. The second kappa shape index (κ2) is 12.6. The van der Waals surface area contributed by atoms with Gasteiger partial charge in [0.1, 0.15) is 11.2 Å². The molecule has 0 radical (unpaired) electrons. The zero-order chi connectivity index (χ0) is 40.5. The minimum absolute atomic E-state index is 0.0208. The van der Waals surface area contributed by atoms with Gasteiger partial charge < -0.3 is 9.32 Å². The Morgan fingerprint density at radius 3 is 1.83 bits per heavy atom. The van der Waals surface area contributed by atoms with Crippen LogP contribution in [-0.4, -0.2) is 0 Å². The van der Waals surface area contributed by atoms with Crippen molar-refractivity contribution in [3.05, 3.63) is 172 Å². The van der Waals surface area contributed by atoms with Crippen molar-refractivity contribution in [1.29, 1.82) is 0 Å². The van der Waals surface area contributed by atoms with Gasteiger partial charge in [-0.15, -0.1) is 0 Å². The minimum atomic E-state index is -0.167. The molecule has 1 aromatic heterocycles. The Morgan fingerprint density at radius 2 is 1.10 bits per heavy atom. The molecule has 2 aliphatic rings. The first-order valence-corrected chi connectivity index (χ1v) is 21.0. The van der Waals surface area contributed by atoms with Gasteiger partial charge in [-0.1, -0.05) is 165 Å². The fourth-order valence-corrected chi connectivity index (χ4v) is 10.4. The molecular formula is C56H53NO. The predicted octanol–water partition coefficient (Wildman–Crippen LogP) is 16.1. The summed E-state index contributed by atoms with van der Waals surface area (Å²) >= 11 is 0. The van der Waals surface area contributed by atoms with E-state index >= 15 is 0 Å². The Labute approximate surface area is 344 Å². The predicted molar refractivity (Wildman–Crippen MR) is 246 cm³/mol. The molecule has 58 heavy (non-hydrogen) atoms. The molecule has 2 nitrogen and oxygen atoms in total. The van der Waals surface area contributed by atoms with Crippen LogP contribution in [0.4, 0.5) is 17.1 Å². The van der Waals surface area contributed by atoms with Crippen LogP contribution in [-0.2, 0) is 16.2 Å². The van der Waals surface area contributed by atoms with Gasteiger partial charge in [-0.2, -0.15) is 0 Å². The summed E-state index contributed by atoms with van der Waals surface area (Å²) in [6.07, 6.45) is 0. The van der Waals surface area contributed by atoms with Gasteiger partial charge in [-0.05, 0) is 110 Å². The second-order valence-electron chi connectivity index (χ2n) is 19.3. The first-order valence-electron chi connectivity index (χ1n) is 21.0. The molecule has 2 aliphatic carbocycles. The van der Waals surface area contributed by atoms with E-state index in [1.807, 2.05) is 0 Å². The first kappa shape index (κ1) is 36.5. The standard InChI is InChI=1S/C56H53NO/c1-33(2)37-17-13-18-40-41-19-14-20-42(53(41)58-52(37)40)44-30-34(3)24-29-50(44)57(35-25-27-39-38-16-11-12-21-45(38)55(7,8)48(39)31-35)36-26-28-43-49(32-36)56(9,10)47-23-15-22-46(51(43)47)54(4,5)6/h11-33H,1-10H3. The number of hydrogen-bond acceptors (Lipinski definition) is 2. The first-order chi connectivity index (χ1) is 27.7. The van der Waals surface area contributed by atoms with Gasteiger partial charge in [0.25, 0.3) is 0 Å². The van der Waals surface area contributed by atoms with E-state index in [4.69, 9.17) is 4.42 Å². The number of hydrogen-bond donors (Lipinski definition) is 0. The topological polar surface area (TPSA) is 16.4 Å². The monoisotopic (exact) mass is 755 g/mol. The van der Waals surface area contributed by atoms with Gasteiger partial charge in [0.2, 0.25) is 0 Å². The number of aryl methyl sites for hydroxylation is 1. The number of para-hydroxylation sites is 2. The zero-order valence-electron chi connectivity index (χ0n) is 35.6. The highest BCUT2D eigenvalue weighted by molar-refractivity contribution is 6.11. The van der Waals surface area contributed by atoms with Gasteiger partial charge >= 0.3 is 0 Å². The summed E-state index contributed by atoms with van der Waals surface area (Å²) in [5.74, 6) is 0.350. The molecule has 0 fully saturated rings. The molecule has 0 saturated heterocycles. The number of nitrogens with zero attached hydrogens (tertiary/aromatic N) is 1. The lowest BCUT2D eigenvalue weighted by Gasteiger charge is -2.31. The molecule has 8 aromatic rings. The maximum Gasteiger partial charge on any atom is 0.143 e. The molecule has 0 spiro atoms. The van der Waals surface area contributed by atoms with Crippen molar-refractivity contribution in [2.24, 2.45) is 0 Å². The van der Waals surface area contributed by atoms with Crippen molar-refractivity contribution < 1.29 is 4.42 Å². The summed E-state index contributed by atoms with van der Waals surface area (Å²) < 4.78 is 6.98. The van der Waals surface area contributed by atoms with E-state index in [-0.39, 0.29) is 16.2 Å². The molecule has 2 heteroatoms. The van der Waals surface area contributed by atoms with E-state index in [9.17, 15) is 0 Å². The van der Waals surface area contributed by atoms with E-state index in [1.165, 1.54) is 66.6 Å². The van der Waals surface area contributed by atoms with Crippen LogP contribution in [0.15, 0.2) is 138 Å². The summed E-state index contributed by atoms with van der Waals surface area (Å²) in [6.45, 7) is 23.2.